The molecule has 0 saturated carbocycles. The van der Waals surface area contributed by atoms with E-state index < -0.39 is 17.6 Å². The summed E-state index contributed by atoms with van der Waals surface area (Å²) in [5.41, 5.74) is 5.80. The maximum Gasteiger partial charge on any atom is 0.303 e. The lowest BCUT2D eigenvalue weighted by molar-refractivity contribution is -0.138. The number of hydrogen-bond acceptors (Lipinski definition) is 8. The maximum atomic E-state index is 12.5. The zero-order chi connectivity index (χ0) is 22.2. The Labute approximate surface area is 179 Å². The second kappa shape index (κ2) is 8.39. The first-order chi connectivity index (χ1) is 14.8. The molecule has 0 spiro atoms. The molecule has 0 aliphatic carbocycles. The monoisotopic (exact) mass is 432 g/mol. The van der Waals surface area contributed by atoms with Gasteiger partial charge < -0.3 is 30.2 Å². The van der Waals surface area contributed by atoms with Gasteiger partial charge in [0.1, 0.15) is 11.8 Å². The number of anilines is 1. The highest BCUT2D eigenvalue weighted by atomic mass is 16.5. The highest BCUT2D eigenvalue weighted by Gasteiger charge is 2.45. The molecule has 11 nitrogen and oxygen atoms in total. The summed E-state index contributed by atoms with van der Waals surface area (Å²) in [4.78, 5) is 37.5. The normalized spacial score (nSPS) is 28.8. The zero-order valence-electron chi connectivity index (χ0n) is 17.5. The third-order valence-electron chi connectivity index (χ3n) is 6.38. The molecule has 11 heteroatoms. The number of ether oxygens (including phenoxy) is 1. The molecule has 2 fully saturated rings. The fourth-order valence-electron chi connectivity index (χ4n) is 4.74. The van der Waals surface area contributed by atoms with Gasteiger partial charge in [0, 0.05) is 31.8 Å². The largest absolute Gasteiger partial charge is 0.481 e. The summed E-state index contributed by atoms with van der Waals surface area (Å²) in [6.07, 6.45) is 4.56. The van der Waals surface area contributed by atoms with E-state index >= 15 is 0 Å². The summed E-state index contributed by atoms with van der Waals surface area (Å²) >= 11 is 0. The van der Waals surface area contributed by atoms with Gasteiger partial charge >= 0.3 is 5.97 Å². The van der Waals surface area contributed by atoms with Gasteiger partial charge in [0.05, 0.1) is 30.7 Å². The van der Waals surface area contributed by atoms with E-state index in [4.69, 9.17) is 15.6 Å². The number of rotatable bonds is 5. The fourth-order valence-corrected chi connectivity index (χ4v) is 4.74. The van der Waals surface area contributed by atoms with Crippen LogP contribution < -0.4 is 5.73 Å². The Morgan fingerprint density at radius 2 is 2.13 bits per heavy atom. The number of piperidine rings is 1. The standard InChI is InChI=1S/C20H28N6O5/c1-20(30)7-12-8-25(15(27)3-2-4-16(28)29)6-5-13(12)31-9-14(20)26-11-24-17-18(21)22-10-23-19(17)26/h10-14,30H,2-9H2,1H3,(H,28,29)(H2,21,22,23)/t12-,13+,14-,20-/m1/s1. The predicted molar refractivity (Wildman–Crippen MR) is 110 cm³/mol. The number of likely N-dealkylation sites (tertiary alicyclic amines) is 1. The van der Waals surface area contributed by atoms with Crippen molar-refractivity contribution in [2.24, 2.45) is 5.92 Å². The van der Waals surface area contributed by atoms with E-state index in [0.29, 0.717) is 43.5 Å². The molecule has 4 rings (SSSR count). The summed E-state index contributed by atoms with van der Waals surface area (Å²) in [5.74, 6) is -0.687. The van der Waals surface area contributed by atoms with Crippen LogP contribution in [0, 0.1) is 5.92 Å². The van der Waals surface area contributed by atoms with Crippen LogP contribution in [0.1, 0.15) is 45.1 Å². The quantitative estimate of drug-likeness (QED) is 0.615. The maximum absolute atomic E-state index is 12.5. The number of hydrogen-bond donors (Lipinski definition) is 3. The second-order valence-corrected chi connectivity index (χ2v) is 8.67. The van der Waals surface area contributed by atoms with Gasteiger partial charge in [-0.1, -0.05) is 0 Å². The molecule has 2 aromatic heterocycles. The number of aliphatic carboxylic acids is 1. The van der Waals surface area contributed by atoms with Crippen molar-refractivity contribution >= 4 is 28.9 Å². The molecule has 168 valence electrons. The summed E-state index contributed by atoms with van der Waals surface area (Å²) in [6, 6.07) is -0.419. The van der Waals surface area contributed by atoms with E-state index in [1.54, 1.807) is 22.7 Å². The van der Waals surface area contributed by atoms with Crippen molar-refractivity contribution in [2.75, 3.05) is 25.4 Å². The van der Waals surface area contributed by atoms with E-state index in [0.717, 1.165) is 0 Å². The summed E-state index contributed by atoms with van der Waals surface area (Å²) in [5, 5.41) is 20.2. The number of amides is 1. The van der Waals surface area contributed by atoms with E-state index in [1.807, 2.05) is 0 Å². The number of carboxylic acid groups (broad SMARTS) is 1. The van der Waals surface area contributed by atoms with Gasteiger partial charge in [-0.05, 0) is 26.2 Å². The minimum absolute atomic E-state index is 0.0158. The van der Waals surface area contributed by atoms with Gasteiger partial charge in [0.2, 0.25) is 5.91 Å². The van der Waals surface area contributed by atoms with Gasteiger partial charge in [-0.2, -0.15) is 0 Å². The van der Waals surface area contributed by atoms with Crippen LogP contribution in [0.3, 0.4) is 0 Å². The Hall–Kier alpha value is -2.79. The first-order valence-corrected chi connectivity index (χ1v) is 10.5. The second-order valence-electron chi connectivity index (χ2n) is 8.67. The van der Waals surface area contributed by atoms with E-state index in [-0.39, 0.29) is 43.2 Å². The number of carboxylic acids is 1. The Kier molecular flexibility index (Phi) is 5.80. The minimum Gasteiger partial charge on any atom is -0.481 e. The van der Waals surface area contributed by atoms with Crippen LogP contribution in [0.15, 0.2) is 12.7 Å². The molecule has 2 aliphatic rings. The molecule has 2 aliphatic heterocycles. The average molecular weight is 432 g/mol. The predicted octanol–water partition coefficient (Wildman–Crippen LogP) is 0.593. The number of carbonyl (C=O) groups is 2. The fraction of sp³-hybridized carbons (Fsp3) is 0.650. The summed E-state index contributed by atoms with van der Waals surface area (Å²) in [6.45, 7) is 3.11. The third kappa shape index (κ3) is 4.33. The van der Waals surface area contributed by atoms with Crippen molar-refractivity contribution in [3.05, 3.63) is 12.7 Å². The Balaban J connectivity index is 1.49. The third-order valence-corrected chi connectivity index (χ3v) is 6.38. The minimum atomic E-state index is -1.12. The van der Waals surface area contributed by atoms with Crippen molar-refractivity contribution in [1.82, 2.24) is 24.4 Å². The molecule has 4 N–H and O–H groups in total. The van der Waals surface area contributed by atoms with Gasteiger partial charge in [0.25, 0.3) is 0 Å². The zero-order valence-corrected chi connectivity index (χ0v) is 17.5. The Bertz CT molecular complexity index is 976. The van der Waals surface area contributed by atoms with Crippen molar-refractivity contribution in [3.8, 4) is 0 Å². The van der Waals surface area contributed by atoms with Gasteiger partial charge in [-0.3, -0.25) is 9.59 Å². The van der Waals surface area contributed by atoms with Crippen LogP contribution in [0.5, 0.6) is 0 Å². The highest BCUT2D eigenvalue weighted by Crippen LogP contribution is 2.39. The molecule has 4 heterocycles. The topological polar surface area (TPSA) is 157 Å². The van der Waals surface area contributed by atoms with Crippen molar-refractivity contribution in [3.63, 3.8) is 0 Å². The first-order valence-electron chi connectivity index (χ1n) is 10.5. The number of nitrogen functional groups attached to an aromatic ring is 1. The van der Waals surface area contributed by atoms with Gasteiger partial charge in [-0.15, -0.1) is 0 Å². The SMILES string of the molecule is C[C@@]1(O)C[C@@H]2CN(C(=O)CCCC(=O)O)CC[C@@H]2OC[C@H]1n1cnc2c(N)ncnc21. The van der Waals surface area contributed by atoms with Crippen LogP contribution in [0.2, 0.25) is 0 Å². The van der Waals surface area contributed by atoms with Crippen LogP contribution in [-0.4, -0.2) is 77.9 Å². The van der Waals surface area contributed by atoms with Gasteiger partial charge in [0.15, 0.2) is 11.5 Å². The molecular weight excluding hydrogens is 404 g/mol. The molecule has 0 unspecified atom stereocenters. The lowest BCUT2D eigenvalue weighted by Gasteiger charge is -2.39. The average Bonchev–Trinajstić information content (AvgIpc) is 3.07. The van der Waals surface area contributed by atoms with Gasteiger partial charge in [-0.25, -0.2) is 15.0 Å². The van der Waals surface area contributed by atoms with Crippen molar-refractivity contribution in [2.45, 2.75) is 56.8 Å². The van der Waals surface area contributed by atoms with E-state index in [9.17, 15) is 14.7 Å². The number of nitrogens with two attached hydrogens (primary N) is 1. The Morgan fingerprint density at radius 3 is 2.90 bits per heavy atom. The first kappa shape index (κ1) is 21.4. The highest BCUT2D eigenvalue weighted by molar-refractivity contribution is 5.81. The lowest BCUT2D eigenvalue weighted by atomic mass is 9.82. The van der Waals surface area contributed by atoms with Crippen molar-refractivity contribution in [1.29, 1.82) is 0 Å². The molecule has 0 bridgehead atoms. The van der Waals surface area contributed by atoms with Crippen LogP contribution in [-0.2, 0) is 14.3 Å². The molecular formula is C20H28N6O5. The number of nitrogens with zero attached hydrogens (tertiary/aromatic N) is 5. The number of aromatic nitrogens is 4. The number of imidazole rings is 1. The Morgan fingerprint density at radius 1 is 1.32 bits per heavy atom. The number of carbonyl (C=O) groups excluding carboxylic acids is 1. The molecule has 4 atom stereocenters. The smallest absolute Gasteiger partial charge is 0.303 e. The van der Waals surface area contributed by atoms with E-state index in [2.05, 4.69) is 15.0 Å². The van der Waals surface area contributed by atoms with Crippen LogP contribution in [0.4, 0.5) is 5.82 Å². The van der Waals surface area contributed by atoms with Crippen molar-refractivity contribution < 1.29 is 24.5 Å². The summed E-state index contributed by atoms with van der Waals surface area (Å²) < 4.78 is 7.99. The molecule has 1 amide bonds. The lowest BCUT2D eigenvalue weighted by Crippen LogP contribution is -2.48. The molecule has 0 radical (unpaired) electrons. The van der Waals surface area contributed by atoms with E-state index in [1.165, 1.54) is 6.33 Å². The molecule has 0 aromatic carbocycles. The summed E-state index contributed by atoms with van der Waals surface area (Å²) in [7, 11) is 0. The van der Waals surface area contributed by atoms with Crippen LogP contribution >= 0.6 is 0 Å². The molecule has 31 heavy (non-hydrogen) atoms. The molecule has 2 aromatic rings. The number of fused-ring (bicyclic) bond motifs is 2. The number of aliphatic hydroxyl groups is 1. The van der Waals surface area contributed by atoms with Crippen LogP contribution in [0.25, 0.3) is 11.2 Å². The molecule has 2 saturated heterocycles.